The van der Waals surface area contributed by atoms with E-state index in [0.29, 0.717) is 18.4 Å². The van der Waals surface area contributed by atoms with E-state index in [4.69, 9.17) is 14.9 Å². The van der Waals surface area contributed by atoms with Gasteiger partial charge in [-0.1, -0.05) is 37.1 Å². The molecule has 0 spiro atoms. The fourth-order valence-corrected chi connectivity index (χ4v) is 4.64. The summed E-state index contributed by atoms with van der Waals surface area (Å²) in [6.45, 7) is 7.46. The van der Waals surface area contributed by atoms with Gasteiger partial charge in [0.25, 0.3) is 0 Å². The van der Waals surface area contributed by atoms with Gasteiger partial charge in [0.2, 0.25) is 17.1 Å². The van der Waals surface area contributed by atoms with Gasteiger partial charge >= 0.3 is 0 Å². The van der Waals surface area contributed by atoms with Crippen LogP contribution in [0.25, 0.3) is 0 Å². The average molecular weight is 362 g/mol. The van der Waals surface area contributed by atoms with E-state index in [-0.39, 0.29) is 5.90 Å². The fourth-order valence-electron chi connectivity index (χ4n) is 4.64. The highest BCUT2D eigenvalue weighted by Gasteiger charge is 2.79. The maximum Gasteiger partial charge on any atom is 0.214 e. The Hall–Kier alpha value is -2.88. The molecule has 27 heavy (non-hydrogen) atoms. The number of rotatable bonds is 3. The Morgan fingerprint density at radius 3 is 2.37 bits per heavy atom. The zero-order chi connectivity index (χ0) is 20.0. The molecule has 1 aromatic carbocycles. The standard InChI is InChI=1S/C21H22N4O2/c1-5-6-16-19(4)26-17(15-9-13(2)7-8-14(15)3)20(10-22,11-23)21(16,12-24)18(25)27-19/h7-9,16-17,25H,5-6H2,1-4H3. The molecule has 0 aliphatic carbocycles. The van der Waals surface area contributed by atoms with Crippen molar-refractivity contribution in [2.45, 2.75) is 52.4 Å². The number of ether oxygens (including phenoxy) is 2. The van der Waals surface area contributed by atoms with Crippen LogP contribution in [0.1, 0.15) is 49.5 Å². The normalized spacial score (nSPS) is 33.4. The van der Waals surface area contributed by atoms with Crippen molar-refractivity contribution in [2.75, 3.05) is 0 Å². The molecule has 6 nitrogen and oxygen atoms in total. The van der Waals surface area contributed by atoms with Gasteiger partial charge in [-0.3, -0.25) is 5.41 Å². The molecule has 0 amide bonds. The Balaban J connectivity index is 2.36. The van der Waals surface area contributed by atoms with Crippen LogP contribution >= 0.6 is 0 Å². The second kappa shape index (κ2) is 6.08. The summed E-state index contributed by atoms with van der Waals surface area (Å²) in [6, 6.07) is 12.1. The second-order valence-corrected chi connectivity index (χ2v) is 7.60. The zero-order valence-electron chi connectivity index (χ0n) is 16.0. The maximum atomic E-state index is 10.2. The minimum Gasteiger partial charge on any atom is -0.448 e. The van der Waals surface area contributed by atoms with E-state index in [1.165, 1.54) is 0 Å². The van der Waals surface area contributed by atoms with Crippen LogP contribution in [0, 0.1) is 70.0 Å². The number of fused-ring (bicyclic) bond motifs is 2. The van der Waals surface area contributed by atoms with Gasteiger partial charge in [-0.2, -0.15) is 15.8 Å². The average Bonchev–Trinajstić information content (AvgIpc) is 2.81. The van der Waals surface area contributed by atoms with Crippen molar-refractivity contribution in [3.8, 4) is 18.2 Å². The summed E-state index contributed by atoms with van der Waals surface area (Å²) in [6.07, 6.45) is 0.231. The lowest BCUT2D eigenvalue weighted by molar-refractivity contribution is -0.274. The monoisotopic (exact) mass is 362 g/mol. The largest absolute Gasteiger partial charge is 0.448 e. The molecule has 0 aromatic heterocycles. The molecular weight excluding hydrogens is 340 g/mol. The number of hydrogen-bond acceptors (Lipinski definition) is 6. The third-order valence-electron chi connectivity index (χ3n) is 6.01. The molecule has 138 valence electrons. The van der Waals surface area contributed by atoms with Gasteiger partial charge in [-0.25, -0.2) is 0 Å². The summed E-state index contributed by atoms with van der Waals surface area (Å²) in [4.78, 5) is 0. The van der Waals surface area contributed by atoms with Gasteiger partial charge in [0.05, 0.1) is 24.1 Å². The first kappa shape index (κ1) is 18.9. The van der Waals surface area contributed by atoms with Crippen LogP contribution < -0.4 is 0 Å². The third-order valence-corrected chi connectivity index (χ3v) is 6.01. The van der Waals surface area contributed by atoms with Crippen LogP contribution in [0.5, 0.6) is 0 Å². The van der Waals surface area contributed by atoms with Crippen LogP contribution in [0.2, 0.25) is 0 Å². The predicted octanol–water partition coefficient (Wildman–Crippen LogP) is 4.06. The van der Waals surface area contributed by atoms with Crippen molar-refractivity contribution < 1.29 is 9.47 Å². The summed E-state index contributed by atoms with van der Waals surface area (Å²) < 4.78 is 12.0. The van der Waals surface area contributed by atoms with Crippen LogP contribution in [-0.4, -0.2) is 11.7 Å². The Kier molecular flexibility index (Phi) is 4.26. The first-order valence-corrected chi connectivity index (χ1v) is 9.03. The van der Waals surface area contributed by atoms with Crippen LogP contribution in [0.3, 0.4) is 0 Å². The second-order valence-electron chi connectivity index (χ2n) is 7.60. The molecule has 2 saturated heterocycles. The lowest BCUT2D eigenvalue weighted by atomic mass is 9.52. The lowest BCUT2D eigenvalue weighted by Crippen LogP contribution is -2.58. The molecule has 2 heterocycles. The molecule has 6 heteroatoms. The summed E-state index contributed by atoms with van der Waals surface area (Å²) in [5.41, 5.74) is -1.07. The molecule has 2 aliphatic rings. The highest BCUT2D eigenvalue weighted by Crippen LogP contribution is 2.67. The molecular formula is C21H22N4O2. The minimum atomic E-state index is -1.88. The number of nitrogens with zero attached hydrogens (tertiary/aromatic N) is 3. The predicted molar refractivity (Wildman–Crippen MR) is 97.1 cm³/mol. The van der Waals surface area contributed by atoms with Gasteiger partial charge in [-0.15, -0.1) is 0 Å². The van der Waals surface area contributed by atoms with E-state index in [1.807, 2.05) is 39.0 Å². The summed E-state index contributed by atoms with van der Waals surface area (Å²) >= 11 is 0. The van der Waals surface area contributed by atoms with Gasteiger partial charge < -0.3 is 9.47 Å². The summed E-state index contributed by atoms with van der Waals surface area (Å²) in [5.74, 6) is -2.16. The first-order valence-electron chi connectivity index (χ1n) is 9.03. The number of nitriles is 3. The van der Waals surface area contributed by atoms with Crippen molar-refractivity contribution in [3.05, 3.63) is 34.9 Å². The number of nitrogens with one attached hydrogen (secondary N) is 1. The Morgan fingerprint density at radius 2 is 1.81 bits per heavy atom. The first-order chi connectivity index (χ1) is 12.8. The minimum absolute atomic E-state index is 0.346. The molecule has 3 rings (SSSR count). The van der Waals surface area contributed by atoms with Crippen molar-refractivity contribution >= 4 is 5.90 Å². The van der Waals surface area contributed by atoms with Gasteiger partial charge in [0.15, 0.2) is 5.41 Å². The highest BCUT2D eigenvalue weighted by molar-refractivity contribution is 5.89. The smallest absolute Gasteiger partial charge is 0.214 e. The molecule has 0 saturated carbocycles. The molecule has 4 atom stereocenters. The van der Waals surface area contributed by atoms with Gasteiger partial charge in [0, 0.05) is 6.92 Å². The van der Waals surface area contributed by atoms with Gasteiger partial charge in [0.1, 0.15) is 6.10 Å². The molecule has 2 fully saturated rings. The third kappa shape index (κ3) is 2.16. The Bertz CT molecular complexity index is 921. The highest BCUT2D eigenvalue weighted by atomic mass is 16.7. The van der Waals surface area contributed by atoms with E-state index >= 15 is 0 Å². The van der Waals surface area contributed by atoms with Crippen molar-refractivity contribution in [1.29, 1.82) is 21.2 Å². The van der Waals surface area contributed by atoms with E-state index in [1.54, 1.807) is 6.92 Å². The molecule has 2 bridgehead atoms. The molecule has 1 aromatic rings. The zero-order valence-corrected chi connectivity index (χ0v) is 16.0. The van der Waals surface area contributed by atoms with Crippen molar-refractivity contribution in [3.63, 3.8) is 0 Å². The molecule has 2 aliphatic heterocycles. The SMILES string of the molecule is CCCC1C2(C)OC(=N)C1(C#N)C(C#N)(C#N)C(c1cc(C)ccc1C)O2. The number of benzene rings is 1. The maximum absolute atomic E-state index is 10.2. The van der Waals surface area contributed by atoms with E-state index in [9.17, 15) is 15.8 Å². The Morgan fingerprint density at radius 1 is 1.15 bits per heavy atom. The topological polar surface area (TPSA) is 114 Å². The van der Waals surface area contributed by atoms with Crippen LogP contribution in [0.15, 0.2) is 18.2 Å². The van der Waals surface area contributed by atoms with E-state index in [2.05, 4.69) is 18.2 Å². The summed E-state index contributed by atoms with van der Waals surface area (Å²) in [5, 5.41) is 39.0. The molecule has 0 radical (unpaired) electrons. The van der Waals surface area contributed by atoms with E-state index < -0.39 is 28.6 Å². The number of aryl methyl sites for hydroxylation is 2. The van der Waals surface area contributed by atoms with Gasteiger partial charge in [-0.05, 0) is 31.4 Å². The molecule has 1 N–H and O–H groups in total. The molecule has 4 unspecified atom stereocenters. The van der Waals surface area contributed by atoms with E-state index in [0.717, 1.165) is 11.1 Å². The lowest BCUT2D eigenvalue weighted by Gasteiger charge is -2.49. The quantitative estimate of drug-likeness (QED) is 0.871. The van der Waals surface area contributed by atoms with Crippen LogP contribution in [0.4, 0.5) is 0 Å². The fraction of sp³-hybridized carbons (Fsp3) is 0.524. The number of hydrogen-bond donors (Lipinski definition) is 1. The Labute approximate surface area is 159 Å². The summed E-state index contributed by atoms with van der Waals surface area (Å²) in [7, 11) is 0. The van der Waals surface area contributed by atoms with Crippen molar-refractivity contribution in [2.24, 2.45) is 16.7 Å². The van der Waals surface area contributed by atoms with Crippen LogP contribution in [-0.2, 0) is 9.47 Å². The van der Waals surface area contributed by atoms with Crippen molar-refractivity contribution in [1.82, 2.24) is 0 Å².